The molecule has 4 rings (SSSR count). The molecule has 1 aliphatic carbocycles. The Labute approximate surface area is 246 Å². The Morgan fingerprint density at radius 3 is 2.20 bits per heavy atom. The van der Waals surface area contributed by atoms with E-state index >= 15 is 0 Å². The van der Waals surface area contributed by atoms with Crippen LogP contribution in [-0.2, 0) is 12.0 Å². The summed E-state index contributed by atoms with van der Waals surface area (Å²) in [5.74, 6) is 0.434. The lowest BCUT2D eigenvalue weighted by molar-refractivity contribution is 0.0955. The molecule has 0 spiro atoms. The number of rotatable bonds is 10. The number of carbonyl (C=O) groups excluding carboxylic acids is 2. The van der Waals surface area contributed by atoms with Crippen LogP contribution in [0, 0.1) is 0 Å². The molecule has 3 aromatic rings. The van der Waals surface area contributed by atoms with Gasteiger partial charge in [0.25, 0.3) is 5.91 Å². The largest absolute Gasteiger partial charge is 0.352 e. The highest BCUT2D eigenvalue weighted by Gasteiger charge is 2.38. The average Bonchev–Trinajstić information content (AvgIpc) is 2.98. The topological polar surface area (TPSA) is 74.3 Å². The van der Waals surface area contributed by atoms with Crippen LogP contribution in [0.4, 0.5) is 10.5 Å². The molecule has 0 bridgehead atoms. The molecule has 3 amide bonds. The third kappa shape index (κ3) is 7.35. The summed E-state index contributed by atoms with van der Waals surface area (Å²) in [5.41, 5.74) is 5.57. The lowest BCUT2D eigenvalue weighted by atomic mass is 9.71. The van der Waals surface area contributed by atoms with Crippen LogP contribution >= 0.6 is 0 Å². The second kappa shape index (κ2) is 13.8. The minimum Gasteiger partial charge on any atom is -0.352 e. The smallest absolute Gasteiger partial charge is 0.322 e. The molecule has 0 radical (unpaired) electrons. The summed E-state index contributed by atoms with van der Waals surface area (Å²) in [4.78, 5) is 33.7. The maximum atomic E-state index is 14.4. The van der Waals surface area contributed by atoms with Crippen molar-refractivity contribution in [1.29, 1.82) is 0 Å². The van der Waals surface area contributed by atoms with Gasteiger partial charge in [-0.15, -0.1) is 0 Å². The molecule has 0 unspecified atom stereocenters. The third-order valence-corrected chi connectivity index (χ3v) is 8.30. The monoisotopic (exact) mass is 554 g/mol. The fourth-order valence-electron chi connectivity index (χ4n) is 6.14. The number of nitrogens with zero attached hydrogens (tertiary/aromatic N) is 2. The van der Waals surface area contributed by atoms with E-state index in [0.717, 1.165) is 53.8 Å². The number of anilines is 1. The number of benzene rings is 2. The van der Waals surface area contributed by atoms with Crippen molar-refractivity contribution in [2.24, 2.45) is 0 Å². The molecule has 1 heterocycles. The predicted molar refractivity (Wildman–Crippen MR) is 167 cm³/mol. The number of aromatic nitrogens is 1. The van der Waals surface area contributed by atoms with Crippen molar-refractivity contribution in [2.75, 3.05) is 18.4 Å². The van der Waals surface area contributed by atoms with Crippen LogP contribution in [0.3, 0.4) is 0 Å². The Kier molecular flexibility index (Phi) is 10.2. The van der Waals surface area contributed by atoms with E-state index in [1.165, 1.54) is 6.42 Å². The average molecular weight is 555 g/mol. The van der Waals surface area contributed by atoms with Crippen LogP contribution < -0.4 is 10.6 Å². The van der Waals surface area contributed by atoms with Crippen molar-refractivity contribution in [3.63, 3.8) is 0 Å². The molecule has 1 aromatic heterocycles. The number of para-hydroxylation sites is 1. The van der Waals surface area contributed by atoms with E-state index < -0.39 is 0 Å². The highest BCUT2D eigenvalue weighted by molar-refractivity contribution is 5.94. The summed E-state index contributed by atoms with van der Waals surface area (Å²) < 4.78 is 0. The number of hydrogen-bond acceptors (Lipinski definition) is 3. The lowest BCUT2D eigenvalue weighted by Crippen LogP contribution is -2.46. The van der Waals surface area contributed by atoms with Gasteiger partial charge in [0.1, 0.15) is 0 Å². The van der Waals surface area contributed by atoms with Gasteiger partial charge in [-0.05, 0) is 72.6 Å². The first-order valence-electron chi connectivity index (χ1n) is 15.2. The zero-order valence-electron chi connectivity index (χ0n) is 25.4. The Morgan fingerprint density at radius 1 is 0.902 bits per heavy atom. The van der Waals surface area contributed by atoms with Gasteiger partial charge in [0, 0.05) is 48.2 Å². The Morgan fingerprint density at radius 2 is 1.59 bits per heavy atom. The number of hydrogen-bond donors (Lipinski definition) is 2. The van der Waals surface area contributed by atoms with Gasteiger partial charge in [-0.1, -0.05) is 83.4 Å². The molecule has 2 N–H and O–H groups in total. The fraction of sp³-hybridized carbons (Fsp3) is 0.457. The van der Waals surface area contributed by atoms with Crippen molar-refractivity contribution in [3.05, 3.63) is 94.8 Å². The summed E-state index contributed by atoms with van der Waals surface area (Å²) in [7, 11) is 0. The van der Waals surface area contributed by atoms with Gasteiger partial charge in [0.2, 0.25) is 0 Å². The van der Waals surface area contributed by atoms with Crippen LogP contribution in [0.15, 0.2) is 66.9 Å². The zero-order valence-corrected chi connectivity index (χ0v) is 25.4. The second-order valence-corrected chi connectivity index (χ2v) is 12.0. The highest BCUT2D eigenvalue weighted by Crippen LogP contribution is 2.40. The molecule has 6 nitrogen and oxygen atoms in total. The predicted octanol–water partition coefficient (Wildman–Crippen LogP) is 8.01. The van der Waals surface area contributed by atoms with Crippen molar-refractivity contribution in [3.8, 4) is 0 Å². The first kappa shape index (κ1) is 30.3. The summed E-state index contributed by atoms with van der Waals surface area (Å²) in [6, 6.07) is 19.9. The quantitative estimate of drug-likeness (QED) is 0.266. The molecule has 41 heavy (non-hydrogen) atoms. The highest BCUT2D eigenvalue weighted by atomic mass is 16.2. The van der Waals surface area contributed by atoms with E-state index in [2.05, 4.69) is 62.6 Å². The number of carbonyl (C=O) groups is 2. The van der Waals surface area contributed by atoms with Crippen molar-refractivity contribution in [1.82, 2.24) is 15.2 Å². The van der Waals surface area contributed by atoms with Crippen LogP contribution in [0.25, 0.3) is 0 Å². The summed E-state index contributed by atoms with van der Waals surface area (Å²) in [6.07, 6.45) is 7.28. The number of urea groups is 1. The first-order chi connectivity index (χ1) is 19.7. The van der Waals surface area contributed by atoms with Crippen molar-refractivity contribution >= 4 is 17.6 Å². The first-order valence-corrected chi connectivity index (χ1v) is 15.2. The standard InChI is InChI=1S/C35H46N4O2/c1-6-36-33(40)28-15-12-14-27(22-28)23-39(24-35(19-9-7-10-20-35)31-18-8-11-21-37-31)34(41)38-32-29(25(2)3)16-13-17-30(32)26(4)5/h8,11-18,21-22,25-26H,6-7,9-10,19-20,23-24H2,1-5H3,(H,36,40)(H,38,41). The summed E-state index contributed by atoms with van der Waals surface area (Å²) in [6.45, 7) is 12.1. The number of pyridine rings is 1. The van der Waals surface area contributed by atoms with Gasteiger partial charge in [-0.25, -0.2) is 4.79 Å². The van der Waals surface area contributed by atoms with Gasteiger partial charge in [-0.2, -0.15) is 0 Å². The molecule has 2 aromatic carbocycles. The van der Waals surface area contributed by atoms with E-state index in [1.807, 2.05) is 54.4 Å². The Hall–Kier alpha value is -3.67. The van der Waals surface area contributed by atoms with Crippen LogP contribution in [0.2, 0.25) is 0 Å². The van der Waals surface area contributed by atoms with E-state index in [4.69, 9.17) is 4.98 Å². The number of amides is 3. The van der Waals surface area contributed by atoms with E-state index in [-0.39, 0.29) is 29.2 Å². The van der Waals surface area contributed by atoms with Crippen LogP contribution in [-0.4, -0.2) is 34.9 Å². The lowest BCUT2D eigenvalue weighted by Gasteiger charge is -2.41. The Bertz CT molecular complexity index is 1290. The minimum atomic E-state index is -0.216. The van der Waals surface area contributed by atoms with Gasteiger partial charge in [0.15, 0.2) is 0 Å². The normalized spacial score (nSPS) is 14.6. The zero-order chi connectivity index (χ0) is 29.4. The molecular formula is C35H46N4O2. The summed E-state index contributed by atoms with van der Waals surface area (Å²) >= 11 is 0. The van der Waals surface area contributed by atoms with Crippen LogP contribution in [0.1, 0.15) is 111 Å². The van der Waals surface area contributed by atoms with Crippen molar-refractivity contribution in [2.45, 2.75) is 90.5 Å². The van der Waals surface area contributed by atoms with Crippen LogP contribution in [0.5, 0.6) is 0 Å². The van der Waals surface area contributed by atoms with Crippen molar-refractivity contribution < 1.29 is 9.59 Å². The second-order valence-electron chi connectivity index (χ2n) is 12.0. The molecule has 218 valence electrons. The van der Waals surface area contributed by atoms with Gasteiger partial charge >= 0.3 is 6.03 Å². The molecule has 0 aliphatic heterocycles. The molecule has 1 fully saturated rings. The van der Waals surface area contributed by atoms with Gasteiger partial charge in [-0.3, -0.25) is 9.78 Å². The number of nitrogens with one attached hydrogen (secondary N) is 2. The van der Waals surface area contributed by atoms with E-state index in [1.54, 1.807) is 0 Å². The van der Waals surface area contributed by atoms with E-state index in [0.29, 0.717) is 25.2 Å². The Balaban J connectivity index is 1.73. The molecule has 0 atom stereocenters. The maximum Gasteiger partial charge on any atom is 0.322 e. The molecular weight excluding hydrogens is 508 g/mol. The SMILES string of the molecule is CCNC(=O)c1cccc(CN(CC2(c3ccccn3)CCCCC2)C(=O)Nc2c(C(C)C)cccc2C(C)C)c1. The minimum absolute atomic E-state index is 0.102. The van der Waals surface area contributed by atoms with Gasteiger partial charge in [0.05, 0.1) is 0 Å². The van der Waals surface area contributed by atoms with E-state index in [9.17, 15) is 9.59 Å². The van der Waals surface area contributed by atoms with Gasteiger partial charge < -0.3 is 15.5 Å². The molecule has 1 saturated carbocycles. The molecule has 0 saturated heterocycles. The molecule has 1 aliphatic rings. The maximum absolute atomic E-state index is 14.4. The summed E-state index contributed by atoms with van der Waals surface area (Å²) in [5, 5.41) is 6.25. The third-order valence-electron chi connectivity index (χ3n) is 8.30. The molecule has 6 heteroatoms. The fourth-order valence-corrected chi connectivity index (χ4v) is 6.14.